The van der Waals surface area contributed by atoms with Crippen LogP contribution in [0, 0.1) is 11.6 Å². The number of hydrogen-bond donors (Lipinski definition) is 2. The Bertz CT molecular complexity index is 534. The minimum absolute atomic E-state index is 0.0375. The number of anilines is 1. The number of carbonyl (C=O) groups excluding carboxylic acids is 1. The summed E-state index contributed by atoms with van der Waals surface area (Å²) < 4.78 is 48.5. The van der Waals surface area contributed by atoms with Crippen molar-refractivity contribution in [1.82, 2.24) is 0 Å². The normalized spacial score (nSPS) is 11.3. The average molecular weight is 264 g/mol. The first-order chi connectivity index (χ1) is 7.75. The van der Waals surface area contributed by atoms with Gasteiger partial charge in [-0.25, -0.2) is 22.3 Å². The van der Waals surface area contributed by atoms with Crippen LogP contribution >= 0.6 is 0 Å². The highest BCUT2D eigenvalue weighted by Gasteiger charge is 2.17. The lowest BCUT2D eigenvalue weighted by Crippen LogP contribution is -2.16. The van der Waals surface area contributed by atoms with Crippen LogP contribution in [0.2, 0.25) is 0 Å². The van der Waals surface area contributed by atoms with Gasteiger partial charge in [0.25, 0.3) is 0 Å². The molecular formula is C9H10F2N2O3S. The van der Waals surface area contributed by atoms with Gasteiger partial charge in [0.05, 0.1) is 4.90 Å². The van der Waals surface area contributed by atoms with E-state index < -0.39 is 38.1 Å². The number of halogens is 2. The molecule has 1 aromatic rings. The van der Waals surface area contributed by atoms with Gasteiger partial charge >= 0.3 is 0 Å². The van der Waals surface area contributed by atoms with Gasteiger partial charge in [0.2, 0.25) is 15.9 Å². The zero-order chi connectivity index (χ0) is 13.2. The number of primary sulfonamides is 1. The van der Waals surface area contributed by atoms with Crippen LogP contribution in [0.3, 0.4) is 0 Å². The van der Waals surface area contributed by atoms with E-state index in [0.29, 0.717) is 12.1 Å². The molecule has 0 aliphatic heterocycles. The lowest BCUT2D eigenvalue weighted by molar-refractivity contribution is -0.115. The van der Waals surface area contributed by atoms with E-state index in [0.717, 1.165) is 0 Å². The van der Waals surface area contributed by atoms with Crippen LogP contribution in [0.5, 0.6) is 0 Å². The van der Waals surface area contributed by atoms with Crippen molar-refractivity contribution < 1.29 is 22.0 Å². The lowest BCUT2D eigenvalue weighted by atomic mass is 10.2. The van der Waals surface area contributed by atoms with Crippen molar-refractivity contribution in [2.45, 2.75) is 18.2 Å². The quantitative estimate of drug-likeness (QED) is 0.852. The molecule has 0 radical (unpaired) electrons. The number of amides is 1. The largest absolute Gasteiger partial charge is 0.321 e. The van der Waals surface area contributed by atoms with Gasteiger partial charge in [-0.15, -0.1) is 0 Å². The Kier molecular flexibility index (Phi) is 3.79. The molecule has 0 aromatic heterocycles. The van der Waals surface area contributed by atoms with Crippen LogP contribution in [0.15, 0.2) is 17.0 Å². The number of rotatable bonds is 3. The van der Waals surface area contributed by atoms with E-state index in [2.05, 4.69) is 0 Å². The van der Waals surface area contributed by atoms with Gasteiger partial charge in [-0.2, -0.15) is 0 Å². The Morgan fingerprint density at radius 3 is 2.18 bits per heavy atom. The summed E-state index contributed by atoms with van der Waals surface area (Å²) in [5.74, 6) is -2.99. The van der Waals surface area contributed by atoms with E-state index in [1.807, 2.05) is 5.32 Å². The molecule has 0 spiro atoms. The molecule has 0 aliphatic carbocycles. The molecule has 1 rings (SSSR count). The third-order valence-corrected chi connectivity index (χ3v) is 2.82. The highest BCUT2D eigenvalue weighted by molar-refractivity contribution is 7.89. The number of benzene rings is 1. The molecular weight excluding hydrogens is 254 g/mol. The fourth-order valence-corrected chi connectivity index (χ4v) is 1.60. The Labute approximate surface area is 96.7 Å². The fourth-order valence-electron chi connectivity index (χ4n) is 1.06. The summed E-state index contributed by atoms with van der Waals surface area (Å²) in [5, 5.41) is 6.71. The molecule has 8 heteroatoms. The maximum atomic E-state index is 13.4. The summed E-state index contributed by atoms with van der Waals surface area (Å²) in [6.45, 7) is 1.50. The summed E-state index contributed by atoms with van der Waals surface area (Å²) in [6.07, 6.45) is 0.0375. The molecule has 0 saturated carbocycles. The molecule has 0 unspecified atom stereocenters. The molecule has 3 N–H and O–H groups in total. The van der Waals surface area contributed by atoms with E-state index in [1.54, 1.807) is 0 Å². The first kappa shape index (κ1) is 13.5. The van der Waals surface area contributed by atoms with Crippen molar-refractivity contribution in [1.29, 1.82) is 0 Å². The van der Waals surface area contributed by atoms with Gasteiger partial charge in [0, 0.05) is 6.42 Å². The van der Waals surface area contributed by atoms with Gasteiger partial charge in [-0.05, 0) is 12.1 Å². The molecule has 94 valence electrons. The van der Waals surface area contributed by atoms with Crippen molar-refractivity contribution in [3.63, 3.8) is 0 Å². The Morgan fingerprint density at radius 1 is 1.35 bits per heavy atom. The zero-order valence-corrected chi connectivity index (χ0v) is 9.64. The fraction of sp³-hybridized carbons (Fsp3) is 0.222. The van der Waals surface area contributed by atoms with Gasteiger partial charge in [-0.1, -0.05) is 6.92 Å². The second-order valence-corrected chi connectivity index (χ2v) is 4.77. The molecule has 17 heavy (non-hydrogen) atoms. The molecule has 0 aliphatic rings. The zero-order valence-electron chi connectivity index (χ0n) is 8.83. The number of carbonyl (C=O) groups is 1. The SMILES string of the molecule is CCC(=O)Nc1c(F)cc(S(N)(=O)=O)cc1F. The number of hydrogen-bond acceptors (Lipinski definition) is 3. The minimum atomic E-state index is -4.19. The van der Waals surface area contributed by atoms with Crippen LogP contribution < -0.4 is 10.5 Å². The van der Waals surface area contributed by atoms with Crippen LogP contribution in [0.4, 0.5) is 14.5 Å². The third-order valence-electron chi connectivity index (χ3n) is 1.93. The van der Waals surface area contributed by atoms with Gasteiger partial charge in [-0.3, -0.25) is 4.79 Å². The average Bonchev–Trinajstić information content (AvgIpc) is 2.21. The molecule has 0 bridgehead atoms. The predicted octanol–water partition coefficient (Wildman–Crippen LogP) is 0.961. The van der Waals surface area contributed by atoms with E-state index in [-0.39, 0.29) is 6.42 Å². The van der Waals surface area contributed by atoms with Crippen LogP contribution in [0.1, 0.15) is 13.3 Å². The number of nitrogens with one attached hydrogen (secondary N) is 1. The molecule has 0 fully saturated rings. The van der Waals surface area contributed by atoms with E-state index in [4.69, 9.17) is 5.14 Å². The summed E-state index contributed by atoms with van der Waals surface area (Å²) in [4.78, 5) is 10.3. The Morgan fingerprint density at radius 2 is 1.82 bits per heavy atom. The second-order valence-electron chi connectivity index (χ2n) is 3.21. The van der Waals surface area contributed by atoms with Crippen LogP contribution in [-0.2, 0) is 14.8 Å². The standard InChI is InChI=1S/C9H10F2N2O3S/c1-2-8(14)13-9-6(10)3-5(4-7(9)11)17(12,15)16/h3-4H,2H2,1H3,(H,13,14)(H2,12,15,16). The molecule has 0 atom stereocenters. The Balaban J connectivity index is 3.25. The number of sulfonamides is 1. The van der Waals surface area contributed by atoms with Crippen LogP contribution in [0.25, 0.3) is 0 Å². The summed E-state index contributed by atoms with van der Waals surface area (Å²) in [5.41, 5.74) is -0.691. The Hall–Kier alpha value is -1.54. The predicted molar refractivity (Wildman–Crippen MR) is 56.7 cm³/mol. The number of nitrogens with two attached hydrogens (primary N) is 1. The monoisotopic (exact) mass is 264 g/mol. The first-order valence-corrected chi connectivity index (χ1v) is 6.12. The van der Waals surface area contributed by atoms with Crippen molar-refractivity contribution in [2.75, 3.05) is 5.32 Å². The van der Waals surface area contributed by atoms with Gasteiger partial charge in [0.15, 0.2) is 11.6 Å². The smallest absolute Gasteiger partial charge is 0.238 e. The highest BCUT2D eigenvalue weighted by atomic mass is 32.2. The van der Waals surface area contributed by atoms with Crippen molar-refractivity contribution >= 4 is 21.6 Å². The molecule has 0 heterocycles. The van der Waals surface area contributed by atoms with E-state index in [1.165, 1.54) is 6.92 Å². The van der Waals surface area contributed by atoms with Crippen molar-refractivity contribution in [3.05, 3.63) is 23.8 Å². The van der Waals surface area contributed by atoms with Gasteiger partial charge < -0.3 is 5.32 Å². The molecule has 1 aromatic carbocycles. The molecule has 1 amide bonds. The lowest BCUT2D eigenvalue weighted by Gasteiger charge is -2.08. The molecule has 5 nitrogen and oxygen atoms in total. The van der Waals surface area contributed by atoms with Crippen LogP contribution in [-0.4, -0.2) is 14.3 Å². The third kappa shape index (κ3) is 3.21. The summed E-state index contributed by atoms with van der Waals surface area (Å²) in [7, 11) is -4.19. The summed E-state index contributed by atoms with van der Waals surface area (Å²) in [6, 6.07) is 1.09. The van der Waals surface area contributed by atoms with E-state index >= 15 is 0 Å². The second kappa shape index (κ2) is 4.76. The van der Waals surface area contributed by atoms with Gasteiger partial charge in [0.1, 0.15) is 5.69 Å². The topological polar surface area (TPSA) is 89.3 Å². The molecule has 0 saturated heterocycles. The van der Waals surface area contributed by atoms with Crippen molar-refractivity contribution in [2.24, 2.45) is 5.14 Å². The maximum Gasteiger partial charge on any atom is 0.238 e. The maximum absolute atomic E-state index is 13.4. The van der Waals surface area contributed by atoms with E-state index in [9.17, 15) is 22.0 Å². The first-order valence-electron chi connectivity index (χ1n) is 4.57. The minimum Gasteiger partial charge on any atom is -0.321 e. The van der Waals surface area contributed by atoms with Crippen molar-refractivity contribution in [3.8, 4) is 0 Å². The highest BCUT2D eigenvalue weighted by Crippen LogP contribution is 2.22. The summed E-state index contributed by atoms with van der Waals surface area (Å²) >= 11 is 0.